The van der Waals surface area contributed by atoms with Gasteiger partial charge in [-0.15, -0.1) is 0 Å². The van der Waals surface area contributed by atoms with Crippen LogP contribution in [0.1, 0.15) is 76.9 Å². The molecule has 0 radical (unpaired) electrons. The van der Waals surface area contributed by atoms with Crippen LogP contribution in [0.15, 0.2) is 30.3 Å². The lowest BCUT2D eigenvalue weighted by Gasteiger charge is -2.13. The van der Waals surface area contributed by atoms with Gasteiger partial charge in [0.25, 0.3) is 0 Å². The molecule has 0 saturated heterocycles. The van der Waals surface area contributed by atoms with Gasteiger partial charge in [0.1, 0.15) is 6.10 Å². The van der Waals surface area contributed by atoms with Crippen molar-refractivity contribution in [2.45, 2.75) is 71.3 Å². The highest BCUT2D eigenvalue weighted by Crippen LogP contribution is 2.17. The Morgan fingerprint density at radius 2 is 1.58 bits per heavy atom. The summed E-state index contributed by atoms with van der Waals surface area (Å²) in [5.74, 6) is -0.506. The van der Waals surface area contributed by atoms with Crippen LogP contribution in [0.5, 0.6) is 0 Å². The lowest BCUT2D eigenvalue weighted by Crippen LogP contribution is -2.10. The van der Waals surface area contributed by atoms with Crippen molar-refractivity contribution < 1.29 is 19.1 Å². The van der Waals surface area contributed by atoms with E-state index in [4.69, 9.17) is 9.47 Å². The first-order valence-electron chi connectivity index (χ1n) is 9.03. The number of rotatable bonds is 12. The van der Waals surface area contributed by atoms with Crippen molar-refractivity contribution in [1.29, 1.82) is 0 Å². The van der Waals surface area contributed by atoms with Crippen LogP contribution < -0.4 is 0 Å². The molecular formula is C20H30O4. The summed E-state index contributed by atoms with van der Waals surface area (Å²) in [5.41, 5.74) is 0.966. The highest BCUT2D eigenvalue weighted by Gasteiger charge is 2.12. The molecule has 0 aliphatic heterocycles. The van der Waals surface area contributed by atoms with Gasteiger partial charge in [0, 0.05) is 12.8 Å². The minimum Gasteiger partial charge on any atom is -0.466 e. The summed E-state index contributed by atoms with van der Waals surface area (Å²) in [7, 11) is 0. The summed E-state index contributed by atoms with van der Waals surface area (Å²) in [6.07, 6.45) is 6.36. The zero-order valence-corrected chi connectivity index (χ0v) is 15.0. The van der Waals surface area contributed by atoms with E-state index < -0.39 is 0 Å². The van der Waals surface area contributed by atoms with Crippen LogP contribution in [0.25, 0.3) is 0 Å². The number of hydrogen-bond donors (Lipinski definition) is 0. The predicted octanol–water partition coefficient (Wildman–Crippen LogP) is 4.97. The van der Waals surface area contributed by atoms with Gasteiger partial charge in [-0.3, -0.25) is 9.59 Å². The molecule has 1 aromatic rings. The fourth-order valence-corrected chi connectivity index (χ4v) is 2.39. The van der Waals surface area contributed by atoms with E-state index in [-0.39, 0.29) is 30.9 Å². The first-order valence-corrected chi connectivity index (χ1v) is 9.03. The number of benzene rings is 1. The summed E-state index contributed by atoms with van der Waals surface area (Å²) in [6, 6.07) is 9.61. The van der Waals surface area contributed by atoms with Gasteiger partial charge in [0.05, 0.1) is 6.61 Å². The van der Waals surface area contributed by atoms with Crippen LogP contribution in [0.3, 0.4) is 0 Å². The zero-order valence-electron chi connectivity index (χ0n) is 15.0. The van der Waals surface area contributed by atoms with Crippen molar-refractivity contribution in [3.8, 4) is 0 Å². The standard InChI is InChI=1S/C20H30O4/c1-3-4-5-6-10-16-23-19(21)14-11-15-20(22)24-17(2)18-12-8-7-9-13-18/h7-9,12-13,17H,3-6,10-11,14-16H2,1-2H3. The minimum atomic E-state index is -0.279. The number of carbonyl (C=O) groups is 2. The Hall–Kier alpha value is -1.84. The van der Waals surface area contributed by atoms with Crippen molar-refractivity contribution in [2.24, 2.45) is 0 Å². The Bertz CT molecular complexity index is 470. The molecule has 1 unspecified atom stereocenters. The smallest absolute Gasteiger partial charge is 0.306 e. The van der Waals surface area contributed by atoms with E-state index in [9.17, 15) is 9.59 Å². The molecule has 0 spiro atoms. The average Bonchev–Trinajstić information content (AvgIpc) is 2.58. The second kappa shape index (κ2) is 12.6. The molecule has 4 heteroatoms. The first-order chi connectivity index (χ1) is 11.6. The largest absolute Gasteiger partial charge is 0.466 e. The van der Waals surface area contributed by atoms with E-state index in [2.05, 4.69) is 6.92 Å². The van der Waals surface area contributed by atoms with Gasteiger partial charge >= 0.3 is 11.9 Å². The van der Waals surface area contributed by atoms with Crippen molar-refractivity contribution in [3.05, 3.63) is 35.9 Å². The second-order valence-corrected chi connectivity index (χ2v) is 6.03. The topological polar surface area (TPSA) is 52.6 Å². The predicted molar refractivity (Wildman–Crippen MR) is 94.5 cm³/mol. The molecule has 1 rings (SSSR count). The second-order valence-electron chi connectivity index (χ2n) is 6.03. The number of hydrogen-bond acceptors (Lipinski definition) is 4. The minimum absolute atomic E-state index is 0.227. The maximum Gasteiger partial charge on any atom is 0.306 e. The zero-order chi connectivity index (χ0) is 17.6. The van der Waals surface area contributed by atoms with Gasteiger partial charge in [0.2, 0.25) is 0 Å². The molecule has 0 N–H and O–H groups in total. The molecule has 134 valence electrons. The quantitative estimate of drug-likeness (QED) is 0.400. The molecule has 0 aliphatic rings. The van der Waals surface area contributed by atoms with E-state index in [1.807, 2.05) is 37.3 Å². The molecule has 0 aromatic heterocycles. The first kappa shape index (κ1) is 20.2. The van der Waals surface area contributed by atoms with Gasteiger partial charge < -0.3 is 9.47 Å². The Morgan fingerprint density at radius 1 is 0.917 bits per heavy atom. The van der Waals surface area contributed by atoms with Crippen LogP contribution in [0, 0.1) is 0 Å². The summed E-state index contributed by atoms with van der Waals surface area (Å²) in [4.78, 5) is 23.4. The highest BCUT2D eigenvalue weighted by molar-refractivity contribution is 5.72. The molecule has 1 aromatic carbocycles. The molecule has 0 saturated carbocycles. The Balaban J connectivity index is 2.07. The normalized spacial score (nSPS) is 11.8. The third-order valence-electron chi connectivity index (χ3n) is 3.85. The van der Waals surface area contributed by atoms with Crippen molar-refractivity contribution >= 4 is 11.9 Å². The fraction of sp³-hybridized carbons (Fsp3) is 0.600. The third-order valence-corrected chi connectivity index (χ3v) is 3.85. The average molecular weight is 334 g/mol. The number of esters is 2. The summed E-state index contributed by atoms with van der Waals surface area (Å²) < 4.78 is 10.5. The molecular weight excluding hydrogens is 304 g/mol. The molecule has 4 nitrogen and oxygen atoms in total. The van der Waals surface area contributed by atoms with Crippen LogP contribution >= 0.6 is 0 Å². The maximum absolute atomic E-state index is 11.8. The monoisotopic (exact) mass is 334 g/mol. The Kier molecular flexibility index (Phi) is 10.6. The molecule has 0 heterocycles. The fourth-order valence-electron chi connectivity index (χ4n) is 2.39. The van der Waals surface area contributed by atoms with E-state index in [0.717, 1.165) is 18.4 Å². The molecule has 0 fully saturated rings. The lowest BCUT2D eigenvalue weighted by atomic mass is 10.1. The van der Waals surface area contributed by atoms with Crippen LogP contribution in [-0.2, 0) is 19.1 Å². The third kappa shape index (κ3) is 9.33. The van der Waals surface area contributed by atoms with Crippen molar-refractivity contribution in [3.63, 3.8) is 0 Å². The Morgan fingerprint density at radius 3 is 2.29 bits per heavy atom. The number of carbonyl (C=O) groups excluding carboxylic acids is 2. The van der Waals surface area contributed by atoms with Crippen LogP contribution in [0.2, 0.25) is 0 Å². The maximum atomic E-state index is 11.8. The van der Waals surface area contributed by atoms with Gasteiger partial charge in [-0.25, -0.2) is 0 Å². The number of ether oxygens (including phenoxy) is 2. The van der Waals surface area contributed by atoms with Crippen LogP contribution in [-0.4, -0.2) is 18.5 Å². The lowest BCUT2D eigenvalue weighted by molar-refractivity contribution is -0.149. The van der Waals surface area contributed by atoms with E-state index in [1.54, 1.807) is 0 Å². The molecule has 0 bridgehead atoms. The Labute approximate surface area is 145 Å². The van der Waals surface area contributed by atoms with Crippen LogP contribution in [0.4, 0.5) is 0 Å². The van der Waals surface area contributed by atoms with Gasteiger partial charge in [-0.1, -0.05) is 62.9 Å². The van der Waals surface area contributed by atoms with Crippen molar-refractivity contribution in [2.75, 3.05) is 6.61 Å². The SMILES string of the molecule is CCCCCCCOC(=O)CCCC(=O)OC(C)c1ccccc1. The summed E-state index contributed by atoms with van der Waals surface area (Å²) >= 11 is 0. The highest BCUT2D eigenvalue weighted by atomic mass is 16.5. The molecule has 0 amide bonds. The van der Waals surface area contributed by atoms with Gasteiger partial charge in [-0.2, -0.15) is 0 Å². The molecule has 24 heavy (non-hydrogen) atoms. The van der Waals surface area contributed by atoms with E-state index in [1.165, 1.54) is 19.3 Å². The molecule has 0 aliphatic carbocycles. The van der Waals surface area contributed by atoms with Crippen molar-refractivity contribution in [1.82, 2.24) is 0 Å². The van der Waals surface area contributed by atoms with Gasteiger partial charge in [0.15, 0.2) is 0 Å². The number of unbranched alkanes of at least 4 members (excludes halogenated alkanes) is 4. The molecule has 1 atom stereocenters. The van der Waals surface area contributed by atoms with Gasteiger partial charge in [-0.05, 0) is 25.3 Å². The van der Waals surface area contributed by atoms with E-state index >= 15 is 0 Å². The summed E-state index contributed by atoms with van der Waals surface area (Å²) in [5, 5.41) is 0. The van der Waals surface area contributed by atoms with E-state index in [0.29, 0.717) is 13.0 Å². The summed E-state index contributed by atoms with van der Waals surface area (Å²) in [6.45, 7) is 4.50.